The highest BCUT2D eigenvalue weighted by Gasteiger charge is 2.25. The van der Waals surface area contributed by atoms with Gasteiger partial charge in [-0.1, -0.05) is 19.8 Å². The summed E-state index contributed by atoms with van der Waals surface area (Å²) in [6.45, 7) is 8.06. The first kappa shape index (κ1) is 15.3. The van der Waals surface area contributed by atoms with Crippen LogP contribution in [0.1, 0.15) is 46.5 Å². The van der Waals surface area contributed by atoms with Crippen molar-refractivity contribution in [2.75, 3.05) is 23.3 Å². The Bertz CT molecular complexity index is 432. The van der Waals surface area contributed by atoms with E-state index >= 15 is 0 Å². The van der Waals surface area contributed by atoms with Crippen molar-refractivity contribution in [1.29, 1.82) is 0 Å². The van der Waals surface area contributed by atoms with E-state index in [2.05, 4.69) is 45.9 Å². The van der Waals surface area contributed by atoms with E-state index in [1.165, 1.54) is 19.3 Å². The number of rotatable bonds is 8. The van der Waals surface area contributed by atoms with Gasteiger partial charge in [0, 0.05) is 19.1 Å². The molecule has 1 N–H and O–H groups in total. The number of aromatic nitrogens is 3. The summed E-state index contributed by atoms with van der Waals surface area (Å²) >= 11 is 6.02. The maximum Gasteiger partial charge on any atom is 0.231 e. The predicted molar refractivity (Wildman–Crippen MR) is 83.4 cm³/mol. The van der Waals surface area contributed by atoms with Gasteiger partial charge in [-0.2, -0.15) is 15.0 Å². The van der Waals surface area contributed by atoms with Crippen molar-refractivity contribution in [2.24, 2.45) is 5.92 Å². The van der Waals surface area contributed by atoms with Crippen molar-refractivity contribution in [3.05, 3.63) is 5.28 Å². The van der Waals surface area contributed by atoms with Crippen molar-refractivity contribution < 1.29 is 0 Å². The van der Waals surface area contributed by atoms with E-state index in [1.807, 2.05) is 0 Å². The molecule has 5 nitrogen and oxygen atoms in total. The SMILES string of the molecule is CCC(CC1CC1)Nc1nc(Cl)nc(N(CC)CC)n1. The van der Waals surface area contributed by atoms with Gasteiger partial charge >= 0.3 is 0 Å². The van der Waals surface area contributed by atoms with E-state index in [9.17, 15) is 0 Å². The normalized spacial score (nSPS) is 16.0. The second kappa shape index (κ2) is 7.07. The molecule has 0 bridgehead atoms. The molecule has 1 aromatic rings. The van der Waals surface area contributed by atoms with E-state index in [4.69, 9.17) is 11.6 Å². The summed E-state index contributed by atoms with van der Waals surface area (Å²) in [7, 11) is 0. The van der Waals surface area contributed by atoms with Crippen LogP contribution < -0.4 is 10.2 Å². The number of hydrogen-bond acceptors (Lipinski definition) is 5. The zero-order chi connectivity index (χ0) is 14.5. The van der Waals surface area contributed by atoms with Crippen molar-refractivity contribution in [1.82, 2.24) is 15.0 Å². The lowest BCUT2D eigenvalue weighted by molar-refractivity contribution is 0.582. The molecule has 1 aromatic heterocycles. The molecule has 0 radical (unpaired) electrons. The van der Waals surface area contributed by atoms with Gasteiger partial charge in [0.15, 0.2) is 0 Å². The van der Waals surface area contributed by atoms with Crippen LogP contribution in [0.25, 0.3) is 0 Å². The minimum Gasteiger partial charge on any atom is -0.351 e. The molecule has 112 valence electrons. The fraction of sp³-hybridized carbons (Fsp3) is 0.786. The van der Waals surface area contributed by atoms with Gasteiger partial charge in [0.2, 0.25) is 17.2 Å². The number of nitrogens with one attached hydrogen (secondary N) is 1. The van der Waals surface area contributed by atoms with Gasteiger partial charge in [0.05, 0.1) is 0 Å². The quantitative estimate of drug-likeness (QED) is 0.797. The van der Waals surface area contributed by atoms with Crippen LogP contribution in [-0.4, -0.2) is 34.1 Å². The van der Waals surface area contributed by atoms with E-state index in [0.717, 1.165) is 25.4 Å². The third-order valence-corrected chi connectivity index (χ3v) is 3.95. The van der Waals surface area contributed by atoms with Crippen LogP contribution >= 0.6 is 11.6 Å². The Morgan fingerprint density at radius 2 is 1.90 bits per heavy atom. The number of nitrogens with zero attached hydrogens (tertiary/aromatic N) is 4. The lowest BCUT2D eigenvalue weighted by atomic mass is 10.1. The minimum atomic E-state index is 0.255. The van der Waals surface area contributed by atoms with Gasteiger partial charge in [-0.05, 0) is 44.2 Å². The molecule has 1 unspecified atom stereocenters. The lowest BCUT2D eigenvalue weighted by Crippen LogP contribution is -2.26. The Morgan fingerprint density at radius 3 is 2.45 bits per heavy atom. The summed E-state index contributed by atoms with van der Waals surface area (Å²) in [4.78, 5) is 15.0. The third kappa shape index (κ3) is 4.20. The molecule has 1 heterocycles. The standard InChI is InChI=1S/C14H24ClN5/c1-4-11(9-10-7-8-10)16-13-17-12(15)18-14(19-13)20(5-2)6-3/h10-11H,4-9H2,1-3H3,(H,16,17,18,19). The fourth-order valence-corrected chi connectivity index (χ4v) is 2.47. The van der Waals surface area contributed by atoms with Gasteiger partial charge < -0.3 is 10.2 Å². The summed E-state index contributed by atoms with van der Waals surface area (Å²) in [6.07, 6.45) is 4.99. The Morgan fingerprint density at radius 1 is 1.20 bits per heavy atom. The maximum absolute atomic E-state index is 6.02. The fourth-order valence-electron chi connectivity index (χ4n) is 2.32. The molecule has 0 spiro atoms. The first-order valence-corrected chi connectivity index (χ1v) is 7.97. The molecule has 1 fully saturated rings. The Labute approximate surface area is 126 Å². The van der Waals surface area contributed by atoms with Crippen molar-refractivity contribution in [3.63, 3.8) is 0 Å². The molecule has 0 saturated heterocycles. The molecule has 20 heavy (non-hydrogen) atoms. The van der Waals surface area contributed by atoms with Crippen LogP contribution in [0.5, 0.6) is 0 Å². The highest BCUT2D eigenvalue weighted by Crippen LogP contribution is 2.34. The lowest BCUT2D eigenvalue weighted by Gasteiger charge is -2.21. The van der Waals surface area contributed by atoms with E-state index in [0.29, 0.717) is 17.9 Å². The molecule has 0 aromatic carbocycles. The van der Waals surface area contributed by atoms with Crippen LogP contribution in [0.4, 0.5) is 11.9 Å². The first-order chi connectivity index (χ1) is 9.66. The van der Waals surface area contributed by atoms with Crippen LogP contribution in [0.15, 0.2) is 0 Å². The number of anilines is 2. The Hall–Kier alpha value is -1.10. The molecule has 6 heteroatoms. The summed E-state index contributed by atoms with van der Waals surface area (Å²) in [6, 6.07) is 0.422. The number of hydrogen-bond donors (Lipinski definition) is 1. The van der Waals surface area contributed by atoms with Gasteiger partial charge in [0.25, 0.3) is 0 Å². The van der Waals surface area contributed by atoms with Crippen LogP contribution in [0, 0.1) is 5.92 Å². The third-order valence-electron chi connectivity index (χ3n) is 3.78. The zero-order valence-corrected chi connectivity index (χ0v) is 13.3. The summed E-state index contributed by atoms with van der Waals surface area (Å²) in [5.41, 5.74) is 0. The average Bonchev–Trinajstić information content (AvgIpc) is 3.23. The van der Waals surface area contributed by atoms with Crippen molar-refractivity contribution >= 4 is 23.5 Å². The molecule has 1 atom stereocenters. The summed E-state index contributed by atoms with van der Waals surface area (Å²) in [5, 5.41) is 3.67. The van der Waals surface area contributed by atoms with Crippen LogP contribution in [-0.2, 0) is 0 Å². The molecular formula is C14H24ClN5. The van der Waals surface area contributed by atoms with Crippen molar-refractivity contribution in [2.45, 2.75) is 52.5 Å². The number of halogens is 1. The van der Waals surface area contributed by atoms with E-state index in [-0.39, 0.29) is 5.28 Å². The van der Waals surface area contributed by atoms with E-state index in [1.54, 1.807) is 0 Å². The molecule has 2 rings (SSSR count). The van der Waals surface area contributed by atoms with Gasteiger partial charge in [-0.15, -0.1) is 0 Å². The molecular weight excluding hydrogens is 274 g/mol. The van der Waals surface area contributed by atoms with Gasteiger partial charge in [-0.3, -0.25) is 0 Å². The predicted octanol–water partition coefficient (Wildman–Crippen LogP) is 3.36. The first-order valence-electron chi connectivity index (χ1n) is 7.59. The van der Waals surface area contributed by atoms with Crippen LogP contribution in [0.3, 0.4) is 0 Å². The summed E-state index contributed by atoms with van der Waals surface area (Å²) < 4.78 is 0. The monoisotopic (exact) mass is 297 g/mol. The molecule has 1 saturated carbocycles. The molecule has 0 amide bonds. The highest BCUT2D eigenvalue weighted by atomic mass is 35.5. The van der Waals surface area contributed by atoms with Gasteiger partial charge in [0.1, 0.15) is 0 Å². The average molecular weight is 298 g/mol. The smallest absolute Gasteiger partial charge is 0.231 e. The molecule has 1 aliphatic carbocycles. The largest absolute Gasteiger partial charge is 0.351 e. The topological polar surface area (TPSA) is 53.9 Å². The molecule has 1 aliphatic rings. The van der Waals surface area contributed by atoms with Crippen molar-refractivity contribution in [3.8, 4) is 0 Å². The van der Waals surface area contributed by atoms with Crippen LogP contribution in [0.2, 0.25) is 5.28 Å². The highest BCUT2D eigenvalue weighted by molar-refractivity contribution is 6.28. The maximum atomic E-state index is 6.02. The molecule has 0 aliphatic heterocycles. The van der Waals surface area contributed by atoms with E-state index < -0.39 is 0 Å². The second-order valence-electron chi connectivity index (χ2n) is 5.33. The summed E-state index contributed by atoms with van der Waals surface area (Å²) in [5.74, 6) is 2.13. The minimum absolute atomic E-state index is 0.255. The second-order valence-corrected chi connectivity index (χ2v) is 5.67. The Balaban J connectivity index is 2.09. The Kier molecular flexibility index (Phi) is 5.40. The zero-order valence-electron chi connectivity index (χ0n) is 12.6. The van der Waals surface area contributed by atoms with Gasteiger partial charge in [-0.25, -0.2) is 0 Å².